The second-order valence-corrected chi connectivity index (χ2v) is 6.16. The number of hydrogen-bond acceptors (Lipinski definition) is 6. The van der Waals surface area contributed by atoms with Crippen LogP contribution in [0.5, 0.6) is 0 Å². The molecule has 2 aliphatic rings. The third-order valence-corrected chi connectivity index (χ3v) is 4.65. The summed E-state index contributed by atoms with van der Waals surface area (Å²) in [5.41, 5.74) is 1.11. The minimum atomic E-state index is 0.225. The molecule has 4 rings (SSSR count). The van der Waals surface area contributed by atoms with Gasteiger partial charge in [0.25, 0.3) is 0 Å². The minimum absolute atomic E-state index is 0.225. The molecule has 0 aromatic carbocycles. The van der Waals surface area contributed by atoms with Crippen LogP contribution in [0.1, 0.15) is 6.92 Å². The molecule has 2 aromatic rings. The highest BCUT2D eigenvalue weighted by molar-refractivity contribution is 5.87. The molecule has 2 saturated heterocycles. The fourth-order valence-electron chi connectivity index (χ4n) is 3.43. The smallest absolute Gasteiger partial charge is 0.163 e. The maximum Gasteiger partial charge on any atom is 0.163 e. The highest BCUT2D eigenvalue weighted by Crippen LogP contribution is 2.34. The molecule has 7 nitrogen and oxygen atoms in total. The molecule has 0 N–H and O–H groups in total. The van der Waals surface area contributed by atoms with Gasteiger partial charge in [-0.05, 0) is 6.92 Å². The van der Waals surface area contributed by atoms with E-state index in [-0.39, 0.29) is 5.54 Å². The largest absolute Gasteiger partial charge is 0.379 e. The van der Waals surface area contributed by atoms with E-state index in [0.717, 1.165) is 56.2 Å². The maximum absolute atomic E-state index is 5.45. The van der Waals surface area contributed by atoms with Crippen LogP contribution in [-0.4, -0.2) is 69.6 Å². The Morgan fingerprint density at radius 1 is 1.19 bits per heavy atom. The maximum atomic E-state index is 5.45. The number of morpholine rings is 1. The Morgan fingerprint density at radius 3 is 2.71 bits per heavy atom. The van der Waals surface area contributed by atoms with Crippen molar-refractivity contribution in [3.05, 3.63) is 12.5 Å². The number of nitrogens with zero attached hydrogens (tertiary/aromatic N) is 6. The normalized spacial score (nSPS) is 22.5. The van der Waals surface area contributed by atoms with Gasteiger partial charge in [-0.15, -0.1) is 0 Å². The summed E-state index contributed by atoms with van der Waals surface area (Å²) in [6.07, 6.45) is 3.48. The fraction of sp³-hybridized carbons (Fsp3) is 0.643. The molecule has 0 spiro atoms. The summed E-state index contributed by atoms with van der Waals surface area (Å²) < 4.78 is 7.24. The number of fused-ring (bicyclic) bond motifs is 1. The number of anilines is 1. The summed E-state index contributed by atoms with van der Waals surface area (Å²) >= 11 is 0. The molecule has 0 aliphatic carbocycles. The first-order valence-corrected chi connectivity index (χ1v) is 7.38. The van der Waals surface area contributed by atoms with E-state index in [4.69, 9.17) is 4.74 Å². The molecule has 2 aliphatic heterocycles. The van der Waals surface area contributed by atoms with Gasteiger partial charge in [0.1, 0.15) is 12.1 Å². The van der Waals surface area contributed by atoms with Gasteiger partial charge in [-0.3, -0.25) is 9.58 Å². The molecule has 0 amide bonds. The van der Waals surface area contributed by atoms with Crippen LogP contribution in [0.3, 0.4) is 0 Å². The lowest BCUT2D eigenvalue weighted by Crippen LogP contribution is -2.70. The summed E-state index contributed by atoms with van der Waals surface area (Å²) in [4.78, 5) is 13.6. The Kier molecular flexibility index (Phi) is 2.87. The molecule has 2 fully saturated rings. The van der Waals surface area contributed by atoms with Gasteiger partial charge in [-0.25, -0.2) is 9.97 Å². The molecule has 0 saturated carbocycles. The molecule has 2 aromatic heterocycles. The molecule has 7 heteroatoms. The quantitative estimate of drug-likeness (QED) is 0.791. The third kappa shape index (κ3) is 1.99. The van der Waals surface area contributed by atoms with Gasteiger partial charge >= 0.3 is 0 Å². The third-order valence-electron chi connectivity index (χ3n) is 4.65. The van der Waals surface area contributed by atoms with E-state index >= 15 is 0 Å². The Bertz CT molecular complexity index is 657. The van der Waals surface area contributed by atoms with Crippen LogP contribution in [-0.2, 0) is 11.8 Å². The van der Waals surface area contributed by atoms with Crippen LogP contribution in [0.2, 0.25) is 0 Å². The summed E-state index contributed by atoms with van der Waals surface area (Å²) in [5.74, 6) is 0.999. The van der Waals surface area contributed by atoms with Crippen LogP contribution in [0.25, 0.3) is 11.0 Å². The molecule has 0 unspecified atom stereocenters. The standard InChI is InChI=1S/C14H20N6O/c1-14(20-3-5-21-6-4-20)8-19(9-14)13-11-7-17-18(2)12(11)15-10-16-13/h7,10H,3-6,8-9H2,1-2H3. The lowest BCUT2D eigenvalue weighted by atomic mass is 9.89. The molecule has 4 heterocycles. The topological polar surface area (TPSA) is 59.3 Å². The monoisotopic (exact) mass is 288 g/mol. The van der Waals surface area contributed by atoms with Gasteiger partial charge in [0.2, 0.25) is 0 Å². The fourth-order valence-corrected chi connectivity index (χ4v) is 3.43. The van der Waals surface area contributed by atoms with Crippen LogP contribution in [0, 0.1) is 0 Å². The Balaban J connectivity index is 1.56. The van der Waals surface area contributed by atoms with E-state index in [0.29, 0.717) is 0 Å². The molecule has 21 heavy (non-hydrogen) atoms. The summed E-state index contributed by atoms with van der Waals surface area (Å²) in [6.45, 7) is 8.05. The first-order valence-electron chi connectivity index (χ1n) is 7.38. The Hall–Kier alpha value is -1.73. The number of hydrogen-bond donors (Lipinski definition) is 0. The zero-order valence-corrected chi connectivity index (χ0v) is 12.5. The van der Waals surface area contributed by atoms with E-state index in [1.807, 2.05) is 13.2 Å². The van der Waals surface area contributed by atoms with Gasteiger partial charge in [-0.1, -0.05) is 0 Å². The van der Waals surface area contributed by atoms with Crippen molar-refractivity contribution >= 4 is 16.9 Å². The Labute approximate surface area is 123 Å². The SMILES string of the molecule is Cn1ncc2c(N3CC(C)(N4CCOCC4)C3)ncnc21. The number of aryl methyl sites for hydroxylation is 1. The zero-order valence-electron chi connectivity index (χ0n) is 12.5. The first kappa shape index (κ1) is 13.0. The van der Waals surface area contributed by atoms with Gasteiger partial charge in [0.15, 0.2) is 5.65 Å². The predicted octanol–water partition coefficient (Wildman–Crippen LogP) is 0.274. The Morgan fingerprint density at radius 2 is 1.95 bits per heavy atom. The van der Waals surface area contributed by atoms with E-state index in [2.05, 4.69) is 31.8 Å². The molecular formula is C14H20N6O. The van der Waals surface area contributed by atoms with Crippen molar-refractivity contribution in [2.24, 2.45) is 7.05 Å². The van der Waals surface area contributed by atoms with Crippen molar-refractivity contribution in [2.75, 3.05) is 44.3 Å². The van der Waals surface area contributed by atoms with Crippen molar-refractivity contribution in [3.8, 4) is 0 Å². The van der Waals surface area contributed by atoms with Gasteiger partial charge in [0, 0.05) is 33.2 Å². The van der Waals surface area contributed by atoms with Crippen molar-refractivity contribution in [1.29, 1.82) is 0 Å². The van der Waals surface area contributed by atoms with Crippen LogP contribution >= 0.6 is 0 Å². The summed E-state index contributed by atoms with van der Waals surface area (Å²) in [5, 5.41) is 5.32. The second-order valence-electron chi connectivity index (χ2n) is 6.16. The van der Waals surface area contributed by atoms with Crippen LogP contribution in [0.4, 0.5) is 5.82 Å². The molecular weight excluding hydrogens is 268 g/mol. The van der Waals surface area contributed by atoms with Crippen molar-refractivity contribution in [1.82, 2.24) is 24.6 Å². The number of ether oxygens (including phenoxy) is 1. The lowest BCUT2D eigenvalue weighted by Gasteiger charge is -2.55. The lowest BCUT2D eigenvalue weighted by molar-refractivity contribution is -0.0266. The first-order chi connectivity index (χ1) is 10.2. The van der Waals surface area contributed by atoms with Gasteiger partial charge < -0.3 is 9.64 Å². The number of aromatic nitrogens is 4. The zero-order chi connectivity index (χ0) is 14.4. The van der Waals surface area contributed by atoms with Crippen molar-refractivity contribution < 1.29 is 4.74 Å². The van der Waals surface area contributed by atoms with Crippen LogP contribution < -0.4 is 4.90 Å². The highest BCUT2D eigenvalue weighted by atomic mass is 16.5. The van der Waals surface area contributed by atoms with E-state index in [1.54, 1.807) is 11.0 Å². The van der Waals surface area contributed by atoms with E-state index in [9.17, 15) is 0 Å². The van der Waals surface area contributed by atoms with E-state index < -0.39 is 0 Å². The average molecular weight is 288 g/mol. The number of rotatable bonds is 2. The van der Waals surface area contributed by atoms with Crippen LogP contribution in [0.15, 0.2) is 12.5 Å². The molecule has 0 atom stereocenters. The molecule has 0 radical (unpaired) electrons. The second kappa shape index (κ2) is 4.64. The van der Waals surface area contributed by atoms with Gasteiger partial charge in [-0.2, -0.15) is 5.10 Å². The highest BCUT2D eigenvalue weighted by Gasteiger charge is 2.44. The summed E-state index contributed by atoms with van der Waals surface area (Å²) in [6, 6.07) is 0. The molecule has 0 bridgehead atoms. The van der Waals surface area contributed by atoms with E-state index in [1.165, 1.54) is 0 Å². The molecule has 112 valence electrons. The average Bonchev–Trinajstić information content (AvgIpc) is 2.87. The van der Waals surface area contributed by atoms with Crippen molar-refractivity contribution in [2.45, 2.75) is 12.5 Å². The van der Waals surface area contributed by atoms with Crippen molar-refractivity contribution in [3.63, 3.8) is 0 Å². The van der Waals surface area contributed by atoms with Gasteiger partial charge in [0.05, 0.1) is 30.3 Å². The summed E-state index contributed by atoms with van der Waals surface area (Å²) in [7, 11) is 1.91. The minimum Gasteiger partial charge on any atom is -0.379 e. The predicted molar refractivity (Wildman–Crippen MR) is 79.3 cm³/mol.